The Hall–Kier alpha value is -6.58. The van der Waals surface area contributed by atoms with Crippen LogP contribution >= 0.6 is 0 Å². The van der Waals surface area contributed by atoms with Crippen molar-refractivity contribution >= 4 is 54.2 Å². The molecule has 0 radical (unpaired) electrons. The number of oxazole rings is 1. The van der Waals surface area contributed by atoms with Gasteiger partial charge in [0.05, 0.1) is 0 Å². The zero-order valence-corrected chi connectivity index (χ0v) is 26.5. The van der Waals surface area contributed by atoms with Crippen molar-refractivity contribution in [2.75, 3.05) is 0 Å². The minimum Gasteiger partial charge on any atom is -0.436 e. The molecule has 0 saturated carbocycles. The van der Waals surface area contributed by atoms with E-state index in [1.807, 2.05) is 12.3 Å². The van der Waals surface area contributed by atoms with Crippen LogP contribution in [0, 0.1) is 0 Å². The van der Waals surface area contributed by atoms with Crippen molar-refractivity contribution in [2.24, 2.45) is 0 Å². The van der Waals surface area contributed by atoms with E-state index in [0.717, 1.165) is 44.5 Å². The van der Waals surface area contributed by atoms with E-state index in [1.54, 1.807) is 6.20 Å². The van der Waals surface area contributed by atoms with Gasteiger partial charge in [-0.05, 0) is 113 Å². The van der Waals surface area contributed by atoms with E-state index < -0.39 is 0 Å². The van der Waals surface area contributed by atoms with Gasteiger partial charge in [-0.25, -0.2) is 4.98 Å². The topological polar surface area (TPSA) is 38.9 Å². The summed E-state index contributed by atoms with van der Waals surface area (Å²) < 4.78 is 6.70. The molecule has 0 unspecified atom stereocenters. The summed E-state index contributed by atoms with van der Waals surface area (Å²) in [5.74, 6) is 0.597. The number of nitrogens with zero attached hydrogens (tertiary/aromatic N) is 2. The molecular formula is C46H28N2O. The lowest BCUT2D eigenvalue weighted by atomic mass is 9.89. The van der Waals surface area contributed by atoms with Gasteiger partial charge in [-0.1, -0.05) is 115 Å². The van der Waals surface area contributed by atoms with Gasteiger partial charge in [0.2, 0.25) is 5.89 Å². The highest BCUT2D eigenvalue weighted by Gasteiger charge is 2.20. The second-order valence-electron chi connectivity index (χ2n) is 12.6. The van der Waals surface area contributed by atoms with Gasteiger partial charge in [0.15, 0.2) is 5.58 Å². The molecule has 0 aliphatic heterocycles. The summed E-state index contributed by atoms with van der Waals surface area (Å²) in [7, 11) is 0. The van der Waals surface area contributed by atoms with Gasteiger partial charge < -0.3 is 4.42 Å². The Morgan fingerprint density at radius 2 is 0.959 bits per heavy atom. The molecule has 0 spiro atoms. The van der Waals surface area contributed by atoms with E-state index in [-0.39, 0.29) is 0 Å². The summed E-state index contributed by atoms with van der Waals surface area (Å²) >= 11 is 0. The average molecular weight is 625 g/mol. The highest BCUT2D eigenvalue weighted by Crippen LogP contribution is 2.43. The molecule has 0 aliphatic rings. The maximum atomic E-state index is 6.70. The highest BCUT2D eigenvalue weighted by atomic mass is 16.3. The second-order valence-corrected chi connectivity index (χ2v) is 12.6. The number of hydrogen-bond acceptors (Lipinski definition) is 3. The van der Waals surface area contributed by atoms with Crippen molar-refractivity contribution < 1.29 is 4.42 Å². The number of aromatic nitrogens is 2. The summed E-state index contributed by atoms with van der Waals surface area (Å²) in [6.45, 7) is 0. The lowest BCUT2D eigenvalue weighted by molar-refractivity contribution is 0.620. The van der Waals surface area contributed by atoms with Crippen LogP contribution in [0.15, 0.2) is 175 Å². The third-order valence-corrected chi connectivity index (χ3v) is 9.76. The third-order valence-electron chi connectivity index (χ3n) is 9.76. The molecule has 10 aromatic rings. The largest absolute Gasteiger partial charge is 0.436 e. The Balaban J connectivity index is 1.25. The van der Waals surface area contributed by atoms with Crippen molar-refractivity contribution in [3.8, 4) is 44.8 Å². The predicted octanol–water partition coefficient (Wildman–Crippen LogP) is 12.5. The van der Waals surface area contributed by atoms with E-state index in [9.17, 15) is 0 Å². The molecule has 3 heteroatoms. The number of hydrogen-bond donors (Lipinski definition) is 0. The fraction of sp³-hybridized carbons (Fsp3) is 0. The van der Waals surface area contributed by atoms with Crippen molar-refractivity contribution in [3.05, 3.63) is 170 Å². The minimum absolute atomic E-state index is 0.597. The van der Waals surface area contributed by atoms with Gasteiger partial charge in [0, 0.05) is 23.5 Å². The Morgan fingerprint density at radius 3 is 1.61 bits per heavy atom. The van der Waals surface area contributed by atoms with E-state index in [4.69, 9.17) is 9.40 Å². The Bertz CT molecular complexity index is 2870. The van der Waals surface area contributed by atoms with Crippen LogP contribution in [0.2, 0.25) is 0 Å². The maximum Gasteiger partial charge on any atom is 0.227 e. The van der Waals surface area contributed by atoms with Gasteiger partial charge in [-0.3, -0.25) is 4.98 Å². The molecule has 3 nitrogen and oxygen atoms in total. The zero-order valence-electron chi connectivity index (χ0n) is 26.5. The van der Waals surface area contributed by atoms with Gasteiger partial charge >= 0.3 is 0 Å². The first kappa shape index (κ1) is 27.5. The zero-order chi connectivity index (χ0) is 32.3. The number of fused-ring (bicyclic) bond motifs is 7. The minimum atomic E-state index is 0.597. The molecule has 0 bridgehead atoms. The lowest BCUT2D eigenvalue weighted by Crippen LogP contribution is -1.89. The van der Waals surface area contributed by atoms with Crippen LogP contribution in [-0.4, -0.2) is 9.97 Å². The third kappa shape index (κ3) is 4.51. The first-order valence-corrected chi connectivity index (χ1v) is 16.6. The van der Waals surface area contributed by atoms with Crippen LogP contribution in [-0.2, 0) is 0 Å². The first-order valence-electron chi connectivity index (χ1n) is 16.6. The molecule has 10 rings (SSSR count). The first-order chi connectivity index (χ1) is 24.3. The summed E-state index contributed by atoms with van der Waals surface area (Å²) in [5.41, 5.74) is 9.15. The molecule has 0 N–H and O–H groups in total. The summed E-state index contributed by atoms with van der Waals surface area (Å²) in [6.07, 6.45) is 3.67. The van der Waals surface area contributed by atoms with Crippen LogP contribution in [0.5, 0.6) is 0 Å². The van der Waals surface area contributed by atoms with Crippen molar-refractivity contribution in [2.45, 2.75) is 0 Å². The summed E-state index contributed by atoms with van der Waals surface area (Å²) in [6, 6.07) is 56.1. The standard InChI is InChI=1S/C46H28N2O/c1-3-13-35-31(10-1)24-41(39-17-7-5-15-37(35)39)34-26-43(42-25-32-11-2-4-14-36(32)38-16-6-8-18-40(38)42)45-44(27-34)49-46(48-45)30-21-19-29(20-22-30)33-12-9-23-47-28-33/h1-28H. The molecule has 228 valence electrons. The predicted molar refractivity (Wildman–Crippen MR) is 204 cm³/mol. The van der Waals surface area contributed by atoms with Crippen molar-refractivity contribution in [3.63, 3.8) is 0 Å². The Kier molecular flexibility index (Phi) is 6.18. The van der Waals surface area contributed by atoms with Crippen molar-refractivity contribution in [1.82, 2.24) is 9.97 Å². The highest BCUT2D eigenvalue weighted by molar-refractivity contribution is 6.18. The van der Waals surface area contributed by atoms with E-state index in [1.165, 1.54) is 48.7 Å². The fourth-order valence-electron chi connectivity index (χ4n) is 7.42. The molecule has 49 heavy (non-hydrogen) atoms. The molecule has 8 aromatic carbocycles. The summed E-state index contributed by atoms with van der Waals surface area (Å²) in [4.78, 5) is 9.50. The molecular weight excluding hydrogens is 597 g/mol. The van der Waals surface area contributed by atoms with E-state index >= 15 is 0 Å². The second kappa shape index (κ2) is 11.0. The van der Waals surface area contributed by atoms with Crippen LogP contribution in [0.4, 0.5) is 0 Å². The summed E-state index contributed by atoms with van der Waals surface area (Å²) in [5, 5.41) is 9.75. The van der Waals surface area contributed by atoms with Crippen LogP contribution in [0.25, 0.3) is 99.0 Å². The Labute approximate surface area is 282 Å². The van der Waals surface area contributed by atoms with Crippen LogP contribution in [0.3, 0.4) is 0 Å². The molecule has 0 amide bonds. The molecule has 0 fully saturated rings. The molecule has 2 heterocycles. The number of benzene rings is 8. The SMILES string of the molecule is c1cncc(-c2ccc(-c3nc4c(-c5cc6ccccc6c6ccccc56)cc(-c5cc6ccccc6c6ccccc56)cc4o3)cc2)c1. The number of pyridine rings is 1. The van der Waals surface area contributed by atoms with E-state index in [2.05, 4.69) is 157 Å². The molecule has 2 aromatic heterocycles. The van der Waals surface area contributed by atoms with E-state index in [0.29, 0.717) is 5.89 Å². The molecule has 0 aliphatic carbocycles. The quantitative estimate of drug-likeness (QED) is 0.183. The fourth-order valence-corrected chi connectivity index (χ4v) is 7.42. The van der Waals surface area contributed by atoms with Gasteiger partial charge in [0.25, 0.3) is 0 Å². The van der Waals surface area contributed by atoms with Gasteiger partial charge in [-0.15, -0.1) is 0 Å². The molecule has 0 atom stereocenters. The maximum absolute atomic E-state index is 6.70. The lowest BCUT2D eigenvalue weighted by Gasteiger charge is -2.14. The monoisotopic (exact) mass is 624 g/mol. The van der Waals surface area contributed by atoms with Crippen molar-refractivity contribution in [1.29, 1.82) is 0 Å². The number of rotatable bonds is 4. The normalized spacial score (nSPS) is 11.7. The average Bonchev–Trinajstić information content (AvgIpc) is 3.62. The Morgan fingerprint density at radius 1 is 0.388 bits per heavy atom. The molecule has 0 saturated heterocycles. The smallest absolute Gasteiger partial charge is 0.227 e. The van der Waals surface area contributed by atoms with Gasteiger partial charge in [0.1, 0.15) is 5.52 Å². The van der Waals surface area contributed by atoms with Gasteiger partial charge in [-0.2, -0.15) is 0 Å². The van der Waals surface area contributed by atoms with Crippen LogP contribution < -0.4 is 0 Å². The van der Waals surface area contributed by atoms with Crippen LogP contribution in [0.1, 0.15) is 0 Å².